The van der Waals surface area contributed by atoms with Gasteiger partial charge in [-0.05, 0) is 29.7 Å². The molecule has 3 aromatic rings. The van der Waals surface area contributed by atoms with Crippen LogP contribution < -0.4 is 16.4 Å². The summed E-state index contributed by atoms with van der Waals surface area (Å²) in [4.78, 5) is 36.8. The molecule has 0 aliphatic carbocycles. The first-order chi connectivity index (χ1) is 13.1. The first kappa shape index (κ1) is 18.4. The van der Waals surface area contributed by atoms with Crippen LogP contribution in [0.1, 0.15) is 18.1 Å². The summed E-state index contributed by atoms with van der Waals surface area (Å²) >= 11 is 0. The van der Waals surface area contributed by atoms with Crippen LogP contribution in [-0.2, 0) is 24.3 Å². The smallest absolute Gasteiger partial charge is 0.316 e. The molecular formula is C21H21N3O3. The fraction of sp³-hybridized carbons (Fsp3) is 0.190. The average Bonchev–Trinajstić information content (AvgIpc) is 2.69. The summed E-state index contributed by atoms with van der Waals surface area (Å²) in [5.74, 6) is -0.360. The Labute approximate surface area is 156 Å². The van der Waals surface area contributed by atoms with Crippen molar-refractivity contribution in [1.82, 2.24) is 9.13 Å². The van der Waals surface area contributed by atoms with E-state index in [-0.39, 0.29) is 12.5 Å². The molecule has 0 atom stereocenters. The predicted molar refractivity (Wildman–Crippen MR) is 105 cm³/mol. The van der Waals surface area contributed by atoms with Gasteiger partial charge in [0.1, 0.15) is 6.54 Å². The summed E-state index contributed by atoms with van der Waals surface area (Å²) < 4.78 is 2.47. The highest BCUT2D eigenvalue weighted by Crippen LogP contribution is 2.09. The molecule has 2 aromatic carbocycles. The van der Waals surface area contributed by atoms with E-state index in [4.69, 9.17) is 0 Å². The number of amides is 1. The monoisotopic (exact) mass is 363 g/mol. The predicted octanol–water partition coefficient (Wildman–Crippen LogP) is 2.26. The summed E-state index contributed by atoms with van der Waals surface area (Å²) in [5.41, 5.74) is 1.38. The number of benzene rings is 2. The van der Waals surface area contributed by atoms with Gasteiger partial charge in [0.2, 0.25) is 5.91 Å². The Morgan fingerprint density at radius 3 is 2.15 bits per heavy atom. The van der Waals surface area contributed by atoms with E-state index in [1.807, 2.05) is 54.6 Å². The van der Waals surface area contributed by atoms with Gasteiger partial charge in [0.05, 0.1) is 6.54 Å². The molecule has 1 heterocycles. The summed E-state index contributed by atoms with van der Waals surface area (Å²) in [7, 11) is 0. The van der Waals surface area contributed by atoms with Crippen LogP contribution in [0.25, 0.3) is 0 Å². The van der Waals surface area contributed by atoms with Crippen molar-refractivity contribution in [3.05, 3.63) is 98.8 Å². The van der Waals surface area contributed by atoms with Gasteiger partial charge < -0.3 is 9.88 Å². The van der Waals surface area contributed by atoms with Gasteiger partial charge >= 0.3 is 11.1 Å². The molecule has 3 rings (SSSR count). The van der Waals surface area contributed by atoms with Crippen LogP contribution in [0.3, 0.4) is 0 Å². The van der Waals surface area contributed by atoms with E-state index in [0.29, 0.717) is 12.2 Å². The van der Waals surface area contributed by atoms with E-state index in [9.17, 15) is 14.4 Å². The lowest BCUT2D eigenvalue weighted by atomic mass is 10.1. The first-order valence-electron chi connectivity index (χ1n) is 8.79. The highest BCUT2D eigenvalue weighted by atomic mass is 16.2. The Bertz CT molecular complexity index is 1030. The number of hydrogen-bond acceptors (Lipinski definition) is 3. The van der Waals surface area contributed by atoms with Crippen molar-refractivity contribution < 1.29 is 4.79 Å². The number of hydrogen-bond donors (Lipinski definition) is 1. The third-order valence-corrected chi connectivity index (χ3v) is 4.29. The number of nitrogens with zero attached hydrogens (tertiary/aromatic N) is 2. The topological polar surface area (TPSA) is 73.1 Å². The minimum Gasteiger partial charge on any atom is -0.325 e. The number of nitrogens with one attached hydrogen (secondary N) is 1. The molecule has 0 bridgehead atoms. The average molecular weight is 363 g/mol. The third-order valence-electron chi connectivity index (χ3n) is 4.29. The van der Waals surface area contributed by atoms with Crippen LogP contribution in [0.2, 0.25) is 0 Å². The zero-order valence-corrected chi connectivity index (χ0v) is 15.1. The molecule has 27 heavy (non-hydrogen) atoms. The van der Waals surface area contributed by atoms with Gasteiger partial charge in [-0.3, -0.25) is 19.0 Å². The Balaban J connectivity index is 1.71. The second kappa shape index (κ2) is 8.31. The first-order valence-corrected chi connectivity index (χ1v) is 8.79. The molecule has 0 spiro atoms. The highest BCUT2D eigenvalue weighted by molar-refractivity contribution is 5.90. The summed E-state index contributed by atoms with van der Waals surface area (Å²) in [6, 6.07) is 16.9. The molecule has 1 aromatic heterocycles. The molecule has 0 saturated carbocycles. The number of aromatic nitrogens is 2. The fourth-order valence-corrected chi connectivity index (χ4v) is 2.75. The molecular weight excluding hydrogens is 342 g/mol. The van der Waals surface area contributed by atoms with Gasteiger partial charge in [-0.1, -0.05) is 49.4 Å². The molecule has 0 aliphatic rings. The van der Waals surface area contributed by atoms with Crippen LogP contribution in [0, 0.1) is 0 Å². The van der Waals surface area contributed by atoms with Crippen LogP contribution in [0.4, 0.5) is 5.69 Å². The van der Waals surface area contributed by atoms with Crippen LogP contribution >= 0.6 is 0 Å². The molecule has 0 radical (unpaired) electrons. The van der Waals surface area contributed by atoms with Gasteiger partial charge in [0, 0.05) is 18.1 Å². The molecule has 0 fully saturated rings. The lowest BCUT2D eigenvalue weighted by Crippen LogP contribution is -2.42. The largest absolute Gasteiger partial charge is 0.325 e. The number of carbonyl (C=O) groups excluding carboxylic acids is 1. The molecule has 0 saturated heterocycles. The standard InChI is InChI=1S/C21H21N3O3/c1-2-16-8-10-18(11-9-16)22-19(25)15-24-13-12-23(20(26)21(24)27)14-17-6-4-3-5-7-17/h3-13H,2,14-15H2,1H3,(H,22,25). The number of anilines is 1. The second-order valence-corrected chi connectivity index (χ2v) is 6.25. The molecule has 0 aliphatic heterocycles. The summed E-state index contributed by atoms with van der Waals surface area (Å²) in [6.45, 7) is 2.15. The van der Waals surface area contributed by atoms with E-state index in [1.54, 1.807) is 0 Å². The maximum absolute atomic E-state index is 12.3. The summed E-state index contributed by atoms with van der Waals surface area (Å²) in [5, 5.41) is 2.74. The van der Waals surface area contributed by atoms with Crippen LogP contribution in [0.15, 0.2) is 76.6 Å². The van der Waals surface area contributed by atoms with Gasteiger partial charge in [-0.15, -0.1) is 0 Å². The van der Waals surface area contributed by atoms with Crippen LogP contribution in [0.5, 0.6) is 0 Å². The maximum Gasteiger partial charge on any atom is 0.316 e. The summed E-state index contributed by atoms with van der Waals surface area (Å²) in [6.07, 6.45) is 3.91. The third kappa shape index (κ3) is 4.61. The van der Waals surface area contributed by atoms with Gasteiger partial charge in [-0.25, -0.2) is 0 Å². The SMILES string of the molecule is CCc1ccc(NC(=O)Cn2ccn(Cc3ccccc3)c(=O)c2=O)cc1. The number of carbonyl (C=O) groups is 1. The zero-order chi connectivity index (χ0) is 19.2. The highest BCUT2D eigenvalue weighted by Gasteiger charge is 2.09. The lowest BCUT2D eigenvalue weighted by molar-refractivity contribution is -0.116. The molecule has 6 heteroatoms. The van der Waals surface area contributed by atoms with Crippen molar-refractivity contribution in [2.75, 3.05) is 5.32 Å². The fourth-order valence-electron chi connectivity index (χ4n) is 2.75. The normalized spacial score (nSPS) is 10.6. The second-order valence-electron chi connectivity index (χ2n) is 6.25. The van der Waals surface area contributed by atoms with Crippen molar-refractivity contribution in [1.29, 1.82) is 0 Å². The van der Waals surface area contributed by atoms with Gasteiger partial charge in [-0.2, -0.15) is 0 Å². The lowest BCUT2D eigenvalue weighted by Gasteiger charge is -2.10. The van der Waals surface area contributed by atoms with E-state index in [2.05, 4.69) is 12.2 Å². The molecule has 138 valence electrons. The molecule has 6 nitrogen and oxygen atoms in total. The van der Waals surface area contributed by atoms with Gasteiger partial charge in [0.15, 0.2) is 0 Å². The van der Waals surface area contributed by atoms with Gasteiger partial charge in [0.25, 0.3) is 0 Å². The zero-order valence-electron chi connectivity index (χ0n) is 15.1. The minimum absolute atomic E-state index is 0.213. The maximum atomic E-state index is 12.3. The van der Waals surface area contributed by atoms with E-state index in [1.165, 1.54) is 22.5 Å². The van der Waals surface area contributed by atoms with Crippen molar-refractivity contribution in [2.24, 2.45) is 0 Å². The Hall–Kier alpha value is -3.41. The van der Waals surface area contributed by atoms with Crippen molar-refractivity contribution in [2.45, 2.75) is 26.4 Å². The van der Waals surface area contributed by atoms with Crippen molar-refractivity contribution in [3.8, 4) is 0 Å². The quantitative estimate of drug-likeness (QED) is 0.683. The molecule has 0 unspecified atom stereocenters. The van der Waals surface area contributed by atoms with Crippen molar-refractivity contribution in [3.63, 3.8) is 0 Å². The number of rotatable bonds is 6. The Kier molecular flexibility index (Phi) is 5.66. The minimum atomic E-state index is -0.718. The van der Waals surface area contributed by atoms with E-state index >= 15 is 0 Å². The van der Waals surface area contributed by atoms with Crippen molar-refractivity contribution >= 4 is 11.6 Å². The number of aryl methyl sites for hydroxylation is 1. The molecule has 1 amide bonds. The Morgan fingerprint density at radius 1 is 0.852 bits per heavy atom. The van der Waals surface area contributed by atoms with Crippen LogP contribution in [-0.4, -0.2) is 15.0 Å². The molecule has 1 N–H and O–H groups in total. The van der Waals surface area contributed by atoms with E-state index in [0.717, 1.165) is 16.6 Å². The van der Waals surface area contributed by atoms with E-state index < -0.39 is 11.1 Å². The Morgan fingerprint density at radius 2 is 1.48 bits per heavy atom.